The van der Waals surface area contributed by atoms with Gasteiger partial charge in [-0.2, -0.15) is 5.10 Å². The first-order chi connectivity index (χ1) is 11.1. The lowest BCUT2D eigenvalue weighted by Crippen LogP contribution is -2.27. The van der Waals surface area contributed by atoms with Gasteiger partial charge in [0.1, 0.15) is 5.82 Å². The second-order valence-corrected chi connectivity index (χ2v) is 6.66. The Balaban J connectivity index is 1.93. The van der Waals surface area contributed by atoms with Crippen LogP contribution in [-0.2, 0) is 9.53 Å². The molecule has 2 atom stereocenters. The summed E-state index contributed by atoms with van der Waals surface area (Å²) < 4.78 is 20.6. The van der Waals surface area contributed by atoms with Gasteiger partial charge in [0.05, 0.1) is 28.9 Å². The normalized spacial score (nSPS) is 21.2. The molecule has 2 aromatic rings. The topological polar surface area (TPSA) is 44.1 Å². The molecule has 1 aromatic carbocycles. The quantitative estimate of drug-likeness (QED) is 0.748. The molecule has 1 fully saturated rings. The second-order valence-electron chi connectivity index (χ2n) is 5.80. The molecule has 1 aliphatic rings. The number of hydrogen-bond acceptors (Lipinski definition) is 3. The van der Waals surface area contributed by atoms with E-state index in [4.69, 9.17) is 4.74 Å². The third-order valence-corrected chi connectivity index (χ3v) is 5.02. The van der Waals surface area contributed by atoms with Crippen LogP contribution in [0.4, 0.5) is 4.39 Å². The van der Waals surface area contributed by atoms with Gasteiger partial charge >= 0.3 is 5.97 Å². The number of esters is 1. The predicted molar refractivity (Wildman–Crippen MR) is 87.9 cm³/mol. The number of nitrogens with zero attached hydrogens (tertiary/aromatic N) is 2. The Bertz CT molecular complexity index is 699. The minimum atomic E-state index is -0.279. The maximum Gasteiger partial charge on any atom is 0.309 e. The first-order valence-corrected chi connectivity index (χ1v) is 8.48. The van der Waals surface area contributed by atoms with E-state index in [1.807, 2.05) is 6.20 Å². The van der Waals surface area contributed by atoms with Crippen molar-refractivity contribution in [3.63, 3.8) is 0 Å². The predicted octanol–water partition coefficient (Wildman–Crippen LogP) is 4.22. The smallest absolute Gasteiger partial charge is 0.309 e. The minimum absolute atomic E-state index is 0.0484. The van der Waals surface area contributed by atoms with Crippen LogP contribution in [0.5, 0.6) is 0 Å². The highest BCUT2D eigenvalue weighted by Crippen LogP contribution is 2.40. The summed E-state index contributed by atoms with van der Waals surface area (Å²) in [5, 5.41) is 4.64. The monoisotopic (exact) mass is 380 g/mol. The van der Waals surface area contributed by atoms with Gasteiger partial charge < -0.3 is 4.74 Å². The molecule has 1 heterocycles. The summed E-state index contributed by atoms with van der Waals surface area (Å²) in [5.74, 6) is -0.551. The highest BCUT2D eigenvalue weighted by molar-refractivity contribution is 9.10. The van der Waals surface area contributed by atoms with Gasteiger partial charge in [-0.3, -0.25) is 4.79 Å². The third kappa shape index (κ3) is 3.32. The van der Waals surface area contributed by atoms with E-state index < -0.39 is 0 Å². The number of aromatic nitrogens is 2. The summed E-state index contributed by atoms with van der Waals surface area (Å²) in [7, 11) is 1.43. The number of carbonyl (C=O) groups excluding carboxylic acids is 1. The van der Waals surface area contributed by atoms with Crippen LogP contribution in [0.1, 0.15) is 37.3 Å². The van der Waals surface area contributed by atoms with E-state index in [0.717, 1.165) is 41.5 Å². The van der Waals surface area contributed by atoms with Crippen LogP contribution >= 0.6 is 15.9 Å². The van der Waals surface area contributed by atoms with Crippen molar-refractivity contribution in [1.82, 2.24) is 9.78 Å². The number of rotatable bonds is 3. The van der Waals surface area contributed by atoms with E-state index >= 15 is 0 Å². The van der Waals surface area contributed by atoms with Crippen LogP contribution in [0.15, 0.2) is 34.9 Å². The van der Waals surface area contributed by atoms with Crippen molar-refractivity contribution in [1.29, 1.82) is 0 Å². The minimum Gasteiger partial charge on any atom is -0.469 e. The molecule has 0 aliphatic heterocycles. The van der Waals surface area contributed by atoms with E-state index in [-0.39, 0.29) is 23.6 Å². The molecule has 1 saturated carbocycles. The molecule has 0 saturated heterocycles. The summed E-state index contributed by atoms with van der Waals surface area (Å²) in [6.45, 7) is 0. The molecule has 122 valence electrons. The van der Waals surface area contributed by atoms with Crippen LogP contribution in [0.25, 0.3) is 5.69 Å². The lowest BCUT2D eigenvalue weighted by atomic mass is 9.77. The fraction of sp³-hybridized carbons (Fsp3) is 0.412. The van der Waals surface area contributed by atoms with E-state index in [1.54, 1.807) is 16.8 Å². The average molecular weight is 381 g/mol. The Morgan fingerprint density at radius 2 is 2.00 bits per heavy atom. The number of benzene rings is 1. The number of halogens is 2. The van der Waals surface area contributed by atoms with Crippen molar-refractivity contribution in [2.24, 2.45) is 5.92 Å². The number of carbonyl (C=O) groups is 1. The molecule has 1 aliphatic carbocycles. The van der Waals surface area contributed by atoms with Crippen molar-refractivity contribution in [3.8, 4) is 5.69 Å². The molecule has 0 unspecified atom stereocenters. The van der Waals surface area contributed by atoms with Crippen LogP contribution < -0.4 is 0 Å². The molecule has 0 N–H and O–H groups in total. The Morgan fingerprint density at radius 3 is 2.70 bits per heavy atom. The van der Waals surface area contributed by atoms with Crippen LogP contribution in [-0.4, -0.2) is 22.9 Å². The highest BCUT2D eigenvalue weighted by Gasteiger charge is 2.35. The zero-order valence-corrected chi connectivity index (χ0v) is 14.4. The summed E-state index contributed by atoms with van der Waals surface area (Å²) in [5.41, 5.74) is 1.65. The van der Waals surface area contributed by atoms with Gasteiger partial charge in [0.2, 0.25) is 0 Å². The third-order valence-electron chi connectivity index (χ3n) is 4.41. The first kappa shape index (κ1) is 16.2. The summed E-state index contributed by atoms with van der Waals surface area (Å²) in [4.78, 5) is 12.1. The van der Waals surface area contributed by atoms with E-state index in [2.05, 4.69) is 21.0 Å². The fourth-order valence-corrected chi connectivity index (χ4v) is 3.80. The number of ether oxygens (including phenoxy) is 1. The van der Waals surface area contributed by atoms with Crippen molar-refractivity contribution in [2.45, 2.75) is 31.6 Å². The lowest BCUT2D eigenvalue weighted by molar-refractivity contribution is -0.147. The Kier molecular flexibility index (Phi) is 4.80. The maximum absolute atomic E-state index is 13.1. The molecule has 0 spiro atoms. The Morgan fingerprint density at radius 1 is 1.30 bits per heavy atom. The van der Waals surface area contributed by atoms with Crippen molar-refractivity contribution < 1.29 is 13.9 Å². The van der Waals surface area contributed by atoms with Crippen LogP contribution in [0.2, 0.25) is 0 Å². The lowest BCUT2D eigenvalue weighted by Gasteiger charge is -2.28. The van der Waals surface area contributed by atoms with E-state index in [1.165, 1.54) is 19.2 Å². The Labute approximate surface area is 142 Å². The summed E-state index contributed by atoms with van der Waals surface area (Å²) >= 11 is 3.55. The van der Waals surface area contributed by atoms with Gasteiger partial charge in [0, 0.05) is 12.1 Å². The second kappa shape index (κ2) is 6.83. The highest BCUT2D eigenvalue weighted by atomic mass is 79.9. The average Bonchev–Trinajstić information content (AvgIpc) is 2.96. The Hall–Kier alpha value is -1.69. The first-order valence-electron chi connectivity index (χ1n) is 7.69. The molecule has 0 bridgehead atoms. The molecule has 1 aromatic heterocycles. The van der Waals surface area contributed by atoms with Gasteiger partial charge in [-0.15, -0.1) is 0 Å². The number of hydrogen-bond donors (Lipinski definition) is 0. The van der Waals surface area contributed by atoms with Gasteiger partial charge in [0.25, 0.3) is 0 Å². The van der Waals surface area contributed by atoms with E-state index in [0.29, 0.717) is 0 Å². The molecular weight excluding hydrogens is 363 g/mol. The van der Waals surface area contributed by atoms with Gasteiger partial charge in [-0.05, 0) is 53.0 Å². The molecular formula is C17H18BrFN2O2. The van der Waals surface area contributed by atoms with Crippen molar-refractivity contribution in [2.75, 3.05) is 7.11 Å². The van der Waals surface area contributed by atoms with Crippen LogP contribution in [0, 0.1) is 11.7 Å². The van der Waals surface area contributed by atoms with Crippen molar-refractivity contribution >= 4 is 21.9 Å². The van der Waals surface area contributed by atoms with Gasteiger partial charge in [-0.25, -0.2) is 9.07 Å². The standard InChI is InChI=1S/C17H18BrFN2O2/c1-23-17(22)14-5-3-2-4-13(14)16-15(18)10-21(20-16)12-8-6-11(19)7-9-12/h6-10,13-14H,2-5H2,1H3/t13-,14-/m1/s1. The van der Waals surface area contributed by atoms with Gasteiger partial charge in [0.15, 0.2) is 0 Å². The molecule has 3 rings (SSSR count). The zero-order chi connectivity index (χ0) is 16.4. The molecule has 6 heteroatoms. The molecule has 0 radical (unpaired) electrons. The van der Waals surface area contributed by atoms with E-state index in [9.17, 15) is 9.18 Å². The zero-order valence-electron chi connectivity index (χ0n) is 12.8. The maximum atomic E-state index is 13.1. The van der Waals surface area contributed by atoms with Crippen molar-refractivity contribution in [3.05, 3.63) is 46.4 Å². The summed E-state index contributed by atoms with van der Waals surface area (Å²) in [6.07, 6.45) is 5.71. The fourth-order valence-electron chi connectivity index (χ4n) is 3.24. The molecule has 0 amide bonds. The summed E-state index contributed by atoms with van der Waals surface area (Å²) in [6, 6.07) is 6.17. The van der Waals surface area contributed by atoms with Crippen LogP contribution in [0.3, 0.4) is 0 Å². The molecule has 23 heavy (non-hydrogen) atoms. The SMILES string of the molecule is COC(=O)[C@@H]1CCCC[C@H]1c1nn(-c2ccc(F)cc2)cc1Br. The molecule has 4 nitrogen and oxygen atoms in total. The number of methoxy groups -OCH3 is 1. The van der Waals surface area contributed by atoms with Gasteiger partial charge in [-0.1, -0.05) is 12.8 Å². The largest absolute Gasteiger partial charge is 0.469 e.